The van der Waals surface area contributed by atoms with Crippen LogP contribution >= 0.6 is 0 Å². The number of hydrazine groups is 1. The van der Waals surface area contributed by atoms with Gasteiger partial charge in [0.25, 0.3) is 17.6 Å². The summed E-state index contributed by atoms with van der Waals surface area (Å²) in [7, 11) is 1.51. The molecule has 10 heteroatoms. The number of amides is 3. The van der Waals surface area contributed by atoms with Gasteiger partial charge in [-0.15, -0.1) is 0 Å². The third kappa shape index (κ3) is 6.48. The van der Waals surface area contributed by atoms with Crippen LogP contribution in [-0.4, -0.2) is 68.7 Å². The highest BCUT2D eigenvalue weighted by atomic mass is 16.5. The lowest BCUT2D eigenvalue weighted by atomic mass is 9.96. The van der Waals surface area contributed by atoms with Crippen molar-refractivity contribution in [2.75, 3.05) is 7.11 Å². The smallest absolute Gasteiger partial charge is 0.374 e. The van der Waals surface area contributed by atoms with E-state index in [0.717, 1.165) is 10.0 Å². The SMILES string of the molecule is COc1ccc(C(=O)N2C=C(c3ccccc3)N(N(C(C)=O)[C@@H](Cc3ccccc3)C(=O)C(=O)O)C(=O)C2C(C)C)cc1. The van der Waals surface area contributed by atoms with Crippen LogP contribution in [0.15, 0.2) is 91.1 Å². The first-order valence-electron chi connectivity index (χ1n) is 13.7. The van der Waals surface area contributed by atoms with Crippen molar-refractivity contribution in [1.82, 2.24) is 14.9 Å². The Labute approximate surface area is 249 Å². The number of rotatable bonds is 10. The summed E-state index contributed by atoms with van der Waals surface area (Å²) in [6.45, 7) is 4.69. The van der Waals surface area contributed by atoms with E-state index in [1.807, 2.05) is 0 Å². The maximum absolute atomic E-state index is 14.5. The molecule has 0 radical (unpaired) electrons. The Bertz CT molecular complexity index is 1540. The normalized spacial score (nSPS) is 15.5. The zero-order chi connectivity index (χ0) is 31.3. The molecule has 0 fully saturated rings. The maximum atomic E-state index is 14.5. The molecule has 0 saturated carbocycles. The minimum atomic E-state index is -1.74. The van der Waals surface area contributed by atoms with E-state index in [1.165, 1.54) is 25.1 Å². The maximum Gasteiger partial charge on any atom is 0.374 e. The number of carboxylic acids is 1. The first-order chi connectivity index (χ1) is 20.5. The van der Waals surface area contributed by atoms with Gasteiger partial charge in [0.05, 0.1) is 12.8 Å². The number of ketones is 1. The monoisotopic (exact) mass is 583 g/mol. The van der Waals surface area contributed by atoms with Crippen LogP contribution in [0, 0.1) is 5.92 Å². The van der Waals surface area contributed by atoms with Gasteiger partial charge in [-0.25, -0.2) is 14.8 Å². The summed E-state index contributed by atoms with van der Waals surface area (Å²) in [5, 5.41) is 11.7. The summed E-state index contributed by atoms with van der Waals surface area (Å²) < 4.78 is 5.21. The second-order valence-electron chi connectivity index (χ2n) is 10.4. The second-order valence-corrected chi connectivity index (χ2v) is 10.4. The molecule has 1 unspecified atom stereocenters. The number of carboxylic acid groups (broad SMARTS) is 1. The quantitative estimate of drug-likeness (QED) is 0.357. The molecule has 1 heterocycles. The summed E-state index contributed by atoms with van der Waals surface area (Å²) in [6, 6.07) is 21.1. The van der Waals surface area contributed by atoms with E-state index in [2.05, 4.69) is 0 Å². The number of carbonyl (C=O) groups is 5. The predicted molar refractivity (Wildman–Crippen MR) is 158 cm³/mol. The Kier molecular flexibility index (Phi) is 9.39. The summed E-state index contributed by atoms with van der Waals surface area (Å²) in [5.41, 5.74) is 1.51. The lowest BCUT2D eigenvalue weighted by Gasteiger charge is -2.46. The molecule has 0 bridgehead atoms. The number of nitrogens with zero attached hydrogens (tertiary/aromatic N) is 3. The van der Waals surface area contributed by atoms with Crippen molar-refractivity contribution in [2.45, 2.75) is 39.3 Å². The van der Waals surface area contributed by atoms with E-state index >= 15 is 0 Å². The molecule has 0 aliphatic carbocycles. The third-order valence-corrected chi connectivity index (χ3v) is 7.14. The van der Waals surface area contributed by atoms with Crippen molar-refractivity contribution in [3.8, 4) is 5.75 Å². The van der Waals surface area contributed by atoms with Crippen LogP contribution in [-0.2, 0) is 25.6 Å². The molecule has 0 aromatic heterocycles. The molecular weight excluding hydrogens is 550 g/mol. The number of methoxy groups -OCH3 is 1. The number of aliphatic carboxylic acids is 1. The summed E-state index contributed by atoms with van der Waals surface area (Å²) in [5.74, 6) is -4.70. The Balaban J connectivity index is 1.92. The van der Waals surface area contributed by atoms with Crippen molar-refractivity contribution in [1.29, 1.82) is 0 Å². The number of ether oxygens (including phenoxy) is 1. The minimum Gasteiger partial charge on any atom is -0.497 e. The molecule has 43 heavy (non-hydrogen) atoms. The Hall–Kier alpha value is -5.25. The Morgan fingerprint density at radius 3 is 2.00 bits per heavy atom. The van der Waals surface area contributed by atoms with Gasteiger partial charge in [0.2, 0.25) is 5.91 Å². The van der Waals surface area contributed by atoms with Gasteiger partial charge in [0, 0.05) is 30.7 Å². The van der Waals surface area contributed by atoms with Crippen molar-refractivity contribution >= 4 is 35.2 Å². The predicted octanol–water partition coefficient (Wildman–Crippen LogP) is 4.03. The largest absolute Gasteiger partial charge is 0.497 e. The zero-order valence-electron chi connectivity index (χ0n) is 24.3. The molecule has 10 nitrogen and oxygen atoms in total. The molecule has 0 saturated heterocycles. The summed E-state index contributed by atoms with van der Waals surface area (Å²) in [4.78, 5) is 68.3. The molecule has 3 aromatic rings. The fourth-order valence-electron chi connectivity index (χ4n) is 5.10. The van der Waals surface area contributed by atoms with E-state index in [-0.39, 0.29) is 12.1 Å². The Morgan fingerprint density at radius 1 is 0.907 bits per heavy atom. The van der Waals surface area contributed by atoms with Gasteiger partial charge in [-0.05, 0) is 35.7 Å². The van der Waals surface area contributed by atoms with Gasteiger partial charge in [-0.1, -0.05) is 74.5 Å². The molecule has 1 aliphatic heterocycles. The van der Waals surface area contributed by atoms with Crippen LogP contribution in [0.3, 0.4) is 0 Å². The highest BCUT2D eigenvalue weighted by Crippen LogP contribution is 2.34. The van der Waals surface area contributed by atoms with Crippen LogP contribution in [0.25, 0.3) is 5.70 Å². The van der Waals surface area contributed by atoms with Crippen molar-refractivity contribution in [3.05, 3.63) is 108 Å². The highest BCUT2D eigenvalue weighted by Gasteiger charge is 2.47. The van der Waals surface area contributed by atoms with Gasteiger partial charge >= 0.3 is 5.97 Å². The molecule has 222 valence electrons. The van der Waals surface area contributed by atoms with E-state index in [4.69, 9.17) is 4.74 Å². The molecule has 3 amide bonds. The van der Waals surface area contributed by atoms with Crippen molar-refractivity contribution < 1.29 is 33.8 Å². The van der Waals surface area contributed by atoms with Crippen LogP contribution in [0.4, 0.5) is 0 Å². The van der Waals surface area contributed by atoms with E-state index < -0.39 is 47.5 Å². The minimum absolute atomic E-state index is 0.135. The van der Waals surface area contributed by atoms with E-state index in [1.54, 1.807) is 98.8 Å². The number of Topliss-reactive ketones (excluding diaryl/α,β-unsaturated/α-hetero) is 1. The number of hydrogen-bond donors (Lipinski definition) is 1. The van der Waals surface area contributed by atoms with Gasteiger partial charge in [-0.3, -0.25) is 24.1 Å². The second kappa shape index (κ2) is 13.2. The molecule has 3 aromatic carbocycles. The number of benzene rings is 3. The molecule has 0 spiro atoms. The van der Waals surface area contributed by atoms with Gasteiger partial charge in [0.1, 0.15) is 17.8 Å². The third-order valence-electron chi connectivity index (χ3n) is 7.14. The molecule has 4 rings (SSSR count). The lowest BCUT2D eigenvalue weighted by molar-refractivity contribution is -0.169. The van der Waals surface area contributed by atoms with Gasteiger partial charge in [-0.2, -0.15) is 0 Å². The fraction of sp³-hybridized carbons (Fsp3) is 0.242. The first kappa shape index (κ1) is 30.7. The zero-order valence-corrected chi connectivity index (χ0v) is 24.3. The van der Waals surface area contributed by atoms with E-state index in [9.17, 15) is 29.1 Å². The molecule has 1 N–H and O–H groups in total. The van der Waals surface area contributed by atoms with Crippen LogP contribution in [0.1, 0.15) is 42.3 Å². The topological polar surface area (TPSA) is 125 Å². The molecule has 2 atom stereocenters. The lowest BCUT2D eigenvalue weighted by Crippen LogP contribution is -2.64. The molecular formula is C33H33N3O7. The first-order valence-corrected chi connectivity index (χ1v) is 13.7. The average molecular weight is 584 g/mol. The number of hydrogen-bond acceptors (Lipinski definition) is 6. The van der Waals surface area contributed by atoms with Crippen LogP contribution in [0.2, 0.25) is 0 Å². The average Bonchev–Trinajstić information content (AvgIpc) is 3.01. The summed E-state index contributed by atoms with van der Waals surface area (Å²) in [6.07, 6.45) is 1.33. The van der Waals surface area contributed by atoms with Crippen molar-refractivity contribution in [3.63, 3.8) is 0 Å². The van der Waals surface area contributed by atoms with Gasteiger partial charge < -0.3 is 9.84 Å². The standard InChI is InChI=1S/C33H33N3O7/c1-21(2)29-32(40)36(35(22(3)37)27(30(38)33(41)42)19-23-11-7-5-8-12-23)28(24-13-9-6-10-14-24)20-34(29)31(39)25-15-17-26(43-4)18-16-25/h5-18,20-21,27,29H,19H2,1-4H3,(H,41,42)/t27-,29?/m0/s1. The van der Waals surface area contributed by atoms with Crippen LogP contribution in [0.5, 0.6) is 5.75 Å². The van der Waals surface area contributed by atoms with E-state index in [0.29, 0.717) is 22.4 Å². The number of carbonyl (C=O) groups excluding carboxylic acids is 4. The summed E-state index contributed by atoms with van der Waals surface area (Å²) >= 11 is 0. The highest BCUT2D eigenvalue weighted by molar-refractivity contribution is 6.35. The molecule has 1 aliphatic rings. The Morgan fingerprint density at radius 2 is 1.49 bits per heavy atom. The van der Waals surface area contributed by atoms with Crippen molar-refractivity contribution in [2.24, 2.45) is 5.92 Å². The fourth-order valence-corrected chi connectivity index (χ4v) is 5.10. The van der Waals surface area contributed by atoms with Gasteiger partial charge in [0.15, 0.2) is 0 Å². The van der Waals surface area contributed by atoms with Crippen LogP contribution < -0.4 is 4.74 Å².